The molecule has 0 radical (unpaired) electrons. The fraction of sp³-hybridized carbons (Fsp3) is 0.900. The third kappa shape index (κ3) is 1.69. The van der Waals surface area contributed by atoms with Gasteiger partial charge >= 0.3 is 0 Å². The number of likely N-dealkylation sites (tertiary alicyclic amines) is 1. The summed E-state index contributed by atoms with van der Waals surface area (Å²) in [6, 6.07) is 0. The van der Waals surface area contributed by atoms with E-state index in [1.54, 1.807) is 0 Å². The molecule has 0 bridgehead atoms. The summed E-state index contributed by atoms with van der Waals surface area (Å²) in [5.41, 5.74) is -0.200. The average Bonchev–Trinajstić information content (AvgIpc) is 2.00. The van der Waals surface area contributed by atoms with Crippen molar-refractivity contribution in [2.75, 3.05) is 13.1 Å². The maximum Gasteiger partial charge on any atom is 0.152 e. The molecule has 0 aromatic rings. The van der Waals surface area contributed by atoms with Gasteiger partial charge in [-0.25, -0.2) is 0 Å². The summed E-state index contributed by atoms with van der Waals surface area (Å²) in [5.74, 6) is 0.405. The van der Waals surface area contributed by atoms with Crippen molar-refractivity contribution in [3.63, 3.8) is 0 Å². The van der Waals surface area contributed by atoms with Crippen LogP contribution in [-0.2, 0) is 4.79 Å². The second kappa shape index (κ2) is 3.56. The Morgan fingerprint density at radius 2 is 2.17 bits per heavy atom. The lowest BCUT2D eigenvalue weighted by Crippen LogP contribution is -2.53. The molecule has 70 valence electrons. The third-order valence-corrected chi connectivity index (χ3v) is 2.80. The van der Waals surface area contributed by atoms with E-state index >= 15 is 0 Å². The van der Waals surface area contributed by atoms with Crippen LogP contribution in [0.3, 0.4) is 0 Å². The maximum atomic E-state index is 11.6. The number of rotatable bonds is 2. The van der Waals surface area contributed by atoms with Gasteiger partial charge in [0.25, 0.3) is 0 Å². The van der Waals surface area contributed by atoms with Crippen molar-refractivity contribution in [1.29, 1.82) is 0 Å². The Morgan fingerprint density at radius 3 is 2.75 bits per heavy atom. The summed E-state index contributed by atoms with van der Waals surface area (Å²) < 4.78 is 0. The van der Waals surface area contributed by atoms with Crippen LogP contribution < -0.4 is 0 Å². The number of carbonyl (C=O) groups is 1. The third-order valence-electron chi connectivity index (χ3n) is 2.80. The van der Waals surface area contributed by atoms with Crippen LogP contribution >= 0.6 is 0 Å². The molecule has 0 aliphatic carbocycles. The molecule has 1 rings (SSSR count). The molecule has 1 aliphatic rings. The quantitative estimate of drug-likeness (QED) is 0.628. The first-order valence-electron chi connectivity index (χ1n) is 4.87. The largest absolute Gasteiger partial charge is 0.298 e. The number of hydrogen-bond donors (Lipinski definition) is 0. The number of carbonyl (C=O) groups excluding carboxylic acids is 1. The summed E-state index contributed by atoms with van der Waals surface area (Å²) in [7, 11) is 0. The summed E-state index contributed by atoms with van der Waals surface area (Å²) in [6.07, 6.45) is 2.95. The van der Waals surface area contributed by atoms with Gasteiger partial charge in [-0.1, -0.05) is 6.92 Å². The molecular weight excluding hydrogens is 150 g/mol. The van der Waals surface area contributed by atoms with E-state index in [-0.39, 0.29) is 5.54 Å². The van der Waals surface area contributed by atoms with Crippen LogP contribution in [0.4, 0.5) is 0 Å². The van der Waals surface area contributed by atoms with Crippen LogP contribution in [0.25, 0.3) is 0 Å². The standard InChI is InChI=1S/C10H19NO/c1-4-7-11-8-5-6-9(12)10(11,2)3/h4-8H2,1-3H3. The molecule has 0 aromatic carbocycles. The predicted molar refractivity (Wildman–Crippen MR) is 50.2 cm³/mol. The fourth-order valence-electron chi connectivity index (χ4n) is 1.85. The van der Waals surface area contributed by atoms with Crippen LogP contribution in [0.1, 0.15) is 40.0 Å². The number of Topliss-reactive ketones (excluding diaryl/α,β-unsaturated/α-hetero) is 1. The van der Waals surface area contributed by atoms with E-state index in [1.165, 1.54) is 0 Å². The Bertz CT molecular complexity index is 173. The van der Waals surface area contributed by atoms with E-state index in [4.69, 9.17) is 0 Å². The molecule has 0 N–H and O–H groups in total. The van der Waals surface area contributed by atoms with Crippen molar-refractivity contribution < 1.29 is 4.79 Å². The smallest absolute Gasteiger partial charge is 0.152 e. The van der Waals surface area contributed by atoms with Crippen molar-refractivity contribution >= 4 is 5.78 Å². The maximum absolute atomic E-state index is 11.6. The second-order valence-electron chi connectivity index (χ2n) is 4.07. The second-order valence-corrected chi connectivity index (χ2v) is 4.07. The predicted octanol–water partition coefficient (Wildman–Crippen LogP) is 1.84. The van der Waals surface area contributed by atoms with Gasteiger partial charge in [-0.2, -0.15) is 0 Å². The zero-order valence-corrected chi connectivity index (χ0v) is 8.39. The van der Waals surface area contributed by atoms with Gasteiger partial charge in [0.2, 0.25) is 0 Å². The molecule has 0 atom stereocenters. The molecule has 12 heavy (non-hydrogen) atoms. The minimum absolute atomic E-state index is 0.200. The number of ketones is 1. The molecule has 2 nitrogen and oxygen atoms in total. The summed E-state index contributed by atoms with van der Waals surface area (Å²) >= 11 is 0. The zero-order chi connectivity index (χ0) is 9.19. The normalized spacial score (nSPS) is 24.4. The number of piperidine rings is 1. The fourth-order valence-corrected chi connectivity index (χ4v) is 1.85. The molecule has 0 aromatic heterocycles. The van der Waals surface area contributed by atoms with Gasteiger partial charge in [0, 0.05) is 6.42 Å². The lowest BCUT2D eigenvalue weighted by atomic mass is 9.89. The molecule has 1 heterocycles. The SMILES string of the molecule is CCCN1CCCC(=O)C1(C)C. The van der Waals surface area contributed by atoms with Gasteiger partial charge in [-0.3, -0.25) is 9.69 Å². The lowest BCUT2D eigenvalue weighted by molar-refractivity contribution is -0.132. The van der Waals surface area contributed by atoms with Crippen LogP contribution in [0.2, 0.25) is 0 Å². The molecule has 1 aliphatic heterocycles. The molecule has 1 fully saturated rings. The van der Waals surface area contributed by atoms with Crippen molar-refractivity contribution in [3.05, 3.63) is 0 Å². The first kappa shape index (κ1) is 9.72. The minimum Gasteiger partial charge on any atom is -0.298 e. The van der Waals surface area contributed by atoms with Gasteiger partial charge in [0.05, 0.1) is 5.54 Å². The lowest BCUT2D eigenvalue weighted by Gasteiger charge is -2.40. The van der Waals surface area contributed by atoms with Gasteiger partial charge in [-0.05, 0) is 39.8 Å². The van der Waals surface area contributed by atoms with Crippen LogP contribution in [0, 0.1) is 0 Å². The monoisotopic (exact) mass is 169 g/mol. The van der Waals surface area contributed by atoms with Gasteiger partial charge in [0.15, 0.2) is 5.78 Å². The van der Waals surface area contributed by atoms with Gasteiger partial charge in [0.1, 0.15) is 0 Å². The van der Waals surface area contributed by atoms with E-state index in [0.717, 1.165) is 32.4 Å². The van der Waals surface area contributed by atoms with Crippen LogP contribution in [-0.4, -0.2) is 29.3 Å². The highest BCUT2D eigenvalue weighted by atomic mass is 16.1. The Balaban J connectivity index is 2.65. The first-order chi connectivity index (χ1) is 5.59. The highest BCUT2D eigenvalue weighted by Gasteiger charge is 2.36. The number of hydrogen-bond acceptors (Lipinski definition) is 2. The van der Waals surface area contributed by atoms with E-state index in [1.807, 2.05) is 13.8 Å². The molecular formula is C10H19NO. The molecule has 2 heteroatoms. The summed E-state index contributed by atoms with van der Waals surface area (Å²) in [6.45, 7) is 8.40. The molecule has 0 saturated carbocycles. The topological polar surface area (TPSA) is 20.3 Å². The van der Waals surface area contributed by atoms with Gasteiger partial charge in [-0.15, -0.1) is 0 Å². The minimum atomic E-state index is -0.200. The van der Waals surface area contributed by atoms with Crippen molar-refractivity contribution in [2.24, 2.45) is 0 Å². The Hall–Kier alpha value is -0.370. The Kier molecular flexibility index (Phi) is 2.89. The van der Waals surface area contributed by atoms with Crippen molar-refractivity contribution in [2.45, 2.75) is 45.6 Å². The summed E-state index contributed by atoms with van der Waals surface area (Å²) in [5, 5.41) is 0. The number of nitrogens with zero attached hydrogens (tertiary/aromatic N) is 1. The van der Waals surface area contributed by atoms with Crippen molar-refractivity contribution in [3.8, 4) is 0 Å². The molecule has 0 unspecified atom stereocenters. The van der Waals surface area contributed by atoms with Crippen LogP contribution in [0.5, 0.6) is 0 Å². The van der Waals surface area contributed by atoms with E-state index in [9.17, 15) is 4.79 Å². The summed E-state index contributed by atoms with van der Waals surface area (Å²) in [4.78, 5) is 13.9. The average molecular weight is 169 g/mol. The van der Waals surface area contributed by atoms with Gasteiger partial charge < -0.3 is 0 Å². The zero-order valence-electron chi connectivity index (χ0n) is 8.39. The van der Waals surface area contributed by atoms with E-state index in [2.05, 4.69) is 11.8 Å². The van der Waals surface area contributed by atoms with Crippen molar-refractivity contribution in [1.82, 2.24) is 4.90 Å². The first-order valence-corrected chi connectivity index (χ1v) is 4.87. The highest BCUT2D eigenvalue weighted by molar-refractivity contribution is 5.88. The Morgan fingerprint density at radius 1 is 1.50 bits per heavy atom. The van der Waals surface area contributed by atoms with Crippen LogP contribution in [0.15, 0.2) is 0 Å². The molecule has 0 spiro atoms. The Labute approximate surface area is 74.9 Å². The van der Waals surface area contributed by atoms with E-state index in [0.29, 0.717) is 5.78 Å². The van der Waals surface area contributed by atoms with E-state index < -0.39 is 0 Å². The molecule has 1 saturated heterocycles. The molecule has 0 amide bonds. The highest BCUT2D eigenvalue weighted by Crippen LogP contribution is 2.23.